The van der Waals surface area contributed by atoms with Crippen LogP contribution in [0.25, 0.3) is 0 Å². The highest BCUT2D eigenvalue weighted by Gasteiger charge is 2.12. The molecule has 25 heavy (non-hydrogen) atoms. The zero-order chi connectivity index (χ0) is 18.4. The molecule has 2 N–H and O–H groups in total. The maximum Gasteiger partial charge on any atom is 0.240 e. The number of carbonyl (C=O) groups excluding carboxylic acids is 2. The first-order chi connectivity index (χ1) is 11.8. The molecule has 0 aliphatic heterocycles. The number of Topliss-reactive ketones (excluding diaryl/α,β-unsaturated/α-hetero) is 1. The summed E-state index contributed by atoms with van der Waals surface area (Å²) in [7, 11) is -2.22. The van der Waals surface area contributed by atoms with Crippen LogP contribution < -0.4 is 10.0 Å². The van der Waals surface area contributed by atoms with Gasteiger partial charge in [-0.1, -0.05) is 0 Å². The van der Waals surface area contributed by atoms with Crippen molar-refractivity contribution in [2.24, 2.45) is 0 Å². The van der Waals surface area contributed by atoms with E-state index in [0.29, 0.717) is 11.3 Å². The van der Waals surface area contributed by atoms with Crippen molar-refractivity contribution < 1.29 is 22.4 Å². The Balaban J connectivity index is 1.90. The van der Waals surface area contributed by atoms with Crippen molar-refractivity contribution in [1.29, 1.82) is 0 Å². The van der Waals surface area contributed by atoms with Gasteiger partial charge in [0, 0.05) is 24.1 Å². The minimum absolute atomic E-state index is 0.0102. The smallest absolute Gasteiger partial charge is 0.240 e. The van der Waals surface area contributed by atoms with Crippen LogP contribution in [0.3, 0.4) is 0 Å². The summed E-state index contributed by atoms with van der Waals surface area (Å²) in [6, 6.07) is 10.8. The van der Waals surface area contributed by atoms with Crippen molar-refractivity contribution >= 4 is 27.4 Å². The second-order valence-electron chi connectivity index (χ2n) is 5.21. The van der Waals surface area contributed by atoms with Crippen molar-refractivity contribution in [3.8, 4) is 0 Å². The summed E-state index contributed by atoms with van der Waals surface area (Å²) in [4.78, 5) is 23.9. The topological polar surface area (TPSA) is 92.3 Å². The summed E-state index contributed by atoms with van der Waals surface area (Å²) < 4.78 is 38.2. The maximum absolute atomic E-state index is 12.8. The van der Waals surface area contributed by atoms with Gasteiger partial charge < -0.3 is 5.32 Å². The lowest BCUT2D eigenvalue weighted by Gasteiger charge is -2.07. The second kappa shape index (κ2) is 8.00. The molecule has 0 bridgehead atoms. The SMILES string of the molecule is CNS(=O)(=O)c1ccc(NC(=O)CCC(=O)c2ccc(F)cc2)cc1. The number of amides is 1. The minimum atomic E-state index is -3.53. The van der Waals surface area contributed by atoms with Gasteiger partial charge in [0.15, 0.2) is 5.78 Å². The van der Waals surface area contributed by atoms with Gasteiger partial charge in [-0.15, -0.1) is 0 Å². The van der Waals surface area contributed by atoms with E-state index in [0.717, 1.165) is 0 Å². The molecule has 1 amide bonds. The van der Waals surface area contributed by atoms with E-state index in [1.165, 1.54) is 55.6 Å². The summed E-state index contributed by atoms with van der Waals surface area (Å²) in [5.74, 6) is -1.07. The minimum Gasteiger partial charge on any atom is -0.326 e. The van der Waals surface area contributed by atoms with Crippen LogP contribution in [0, 0.1) is 5.82 Å². The van der Waals surface area contributed by atoms with Crippen molar-refractivity contribution in [2.45, 2.75) is 17.7 Å². The average molecular weight is 364 g/mol. The summed E-state index contributed by atoms with van der Waals surface area (Å²) in [6.07, 6.45) is -0.0452. The van der Waals surface area contributed by atoms with Crippen molar-refractivity contribution in [2.75, 3.05) is 12.4 Å². The lowest BCUT2D eigenvalue weighted by atomic mass is 10.1. The Morgan fingerprint density at radius 3 is 2.12 bits per heavy atom. The molecule has 6 nitrogen and oxygen atoms in total. The highest BCUT2D eigenvalue weighted by Crippen LogP contribution is 2.14. The first-order valence-electron chi connectivity index (χ1n) is 7.44. The lowest BCUT2D eigenvalue weighted by molar-refractivity contribution is -0.116. The third-order valence-electron chi connectivity index (χ3n) is 3.46. The van der Waals surface area contributed by atoms with E-state index >= 15 is 0 Å². The van der Waals surface area contributed by atoms with Crippen LogP contribution in [-0.4, -0.2) is 27.2 Å². The van der Waals surface area contributed by atoms with Gasteiger partial charge in [0.25, 0.3) is 0 Å². The number of carbonyl (C=O) groups is 2. The number of rotatable bonds is 7. The number of hydrogen-bond donors (Lipinski definition) is 2. The predicted octanol–water partition coefficient (Wildman–Crippen LogP) is 2.34. The van der Waals surface area contributed by atoms with Gasteiger partial charge in [-0.2, -0.15) is 0 Å². The average Bonchev–Trinajstić information content (AvgIpc) is 2.61. The first-order valence-corrected chi connectivity index (χ1v) is 8.92. The quantitative estimate of drug-likeness (QED) is 0.738. The Morgan fingerprint density at radius 1 is 0.960 bits per heavy atom. The maximum atomic E-state index is 12.8. The third kappa shape index (κ3) is 5.20. The van der Waals surface area contributed by atoms with Crippen LogP contribution in [0.15, 0.2) is 53.4 Å². The standard InChI is InChI=1S/C17H17FN2O4S/c1-19-25(23,24)15-8-6-14(7-9-15)20-17(22)11-10-16(21)12-2-4-13(18)5-3-12/h2-9,19H,10-11H2,1H3,(H,20,22). The Kier molecular flexibility index (Phi) is 6.00. The molecule has 8 heteroatoms. The molecule has 0 heterocycles. The molecule has 0 aliphatic rings. The van der Waals surface area contributed by atoms with Gasteiger partial charge in [0.1, 0.15) is 5.82 Å². The molecule has 2 rings (SSSR count). The van der Waals surface area contributed by atoms with Gasteiger partial charge >= 0.3 is 0 Å². The molecular formula is C17H17FN2O4S. The fourth-order valence-corrected chi connectivity index (χ4v) is 2.80. The fraction of sp³-hybridized carbons (Fsp3) is 0.176. The number of benzene rings is 2. The zero-order valence-electron chi connectivity index (χ0n) is 13.5. The van der Waals surface area contributed by atoms with E-state index in [1.807, 2.05) is 0 Å². The Morgan fingerprint density at radius 2 is 1.56 bits per heavy atom. The lowest BCUT2D eigenvalue weighted by Crippen LogP contribution is -2.18. The Hall–Kier alpha value is -2.58. The van der Waals surface area contributed by atoms with E-state index in [9.17, 15) is 22.4 Å². The molecule has 0 radical (unpaired) electrons. The number of ketones is 1. The van der Waals surface area contributed by atoms with E-state index in [-0.39, 0.29) is 29.4 Å². The largest absolute Gasteiger partial charge is 0.326 e. The molecular weight excluding hydrogens is 347 g/mol. The van der Waals surface area contributed by atoms with Crippen LogP contribution in [-0.2, 0) is 14.8 Å². The molecule has 0 saturated carbocycles. The van der Waals surface area contributed by atoms with E-state index in [2.05, 4.69) is 10.0 Å². The van der Waals surface area contributed by atoms with E-state index < -0.39 is 15.8 Å². The third-order valence-corrected chi connectivity index (χ3v) is 4.89. The fourth-order valence-electron chi connectivity index (χ4n) is 2.07. The highest BCUT2D eigenvalue weighted by molar-refractivity contribution is 7.89. The van der Waals surface area contributed by atoms with Crippen LogP contribution in [0.1, 0.15) is 23.2 Å². The predicted molar refractivity (Wildman–Crippen MR) is 91.3 cm³/mol. The molecule has 132 valence electrons. The molecule has 0 aromatic heterocycles. The molecule has 0 atom stereocenters. The van der Waals surface area contributed by atoms with Gasteiger partial charge in [-0.3, -0.25) is 9.59 Å². The van der Waals surface area contributed by atoms with Crippen molar-refractivity contribution in [3.05, 3.63) is 59.9 Å². The Labute approximate surface area is 145 Å². The number of halogens is 1. The van der Waals surface area contributed by atoms with Crippen molar-refractivity contribution in [3.63, 3.8) is 0 Å². The number of nitrogens with one attached hydrogen (secondary N) is 2. The van der Waals surface area contributed by atoms with Crippen LogP contribution >= 0.6 is 0 Å². The molecule has 0 unspecified atom stereocenters. The number of sulfonamides is 1. The van der Waals surface area contributed by atoms with Gasteiger partial charge in [0.2, 0.25) is 15.9 Å². The van der Waals surface area contributed by atoms with Crippen molar-refractivity contribution in [1.82, 2.24) is 4.72 Å². The number of hydrogen-bond acceptors (Lipinski definition) is 4. The molecule has 0 fully saturated rings. The normalized spacial score (nSPS) is 11.1. The summed E-state index contributed by atoms with van der Waals surface area (Å²) >= 11 is 0. The van der Waals surface area contributed by atoms with Crippen LogP contribution in [0.5, 0.6) is 0 Å². The summed E-state index contributed by atoms with van der Waals surface area (Å²) in [5, 5.41) is 2.59. The van der Waals surface area contributed by atoms with Gasteiger partial charge in [0.05, 0.1) is 4.90 Å². The molecule has 0 aliphatic carbocycles. The molecule has 0 spiro atoms. The summed E-state index contributed by atoms with van der Waals surface area (Å²) in [5.41, 5.74) is 0.769. The van der Waals surface area contributed by atoms with Gasteiger partial charge in [-0.05, 0) is 55.6 Å². The number of anilines is 1. The van der Waals surface area contributed by atoms with Crippen LogP contribution in [0.4, 0.5) is 10.1 Å². The molecule has 2 aromatic rings. The van der Waals surface area contributed by atoms with E-state index in [1.54, 1.807) is 0 Å². The second-order valence-corrected chi connectivity index (χ2v) is 7.10. The van der Waals surface area contributed by atoms with Crippen LogP contribution in [0.2, 0.25) is 0 Å². The van der Waals surface area contributed by atoms with E-state index in [4.69, 9.17) is 0 Å². The highest BCUT2D eigenvalue weighted by atomic mass is 32.2. The monoisotopic (exact) mass is 364 g/mol. The van der Waals surface area contributed by atoms with Gasteiger partial charge in [-0.25, -0.2) is 17.5 Å². The zero-order valence-corrected chi connectivity index (χ0v) is 14.3. The summed E-state index contributed by atoms with van der Waals surface area (Å²) in [6.45, 7) is 0. The Bertz CT molecular complexity index is 863. The molecule has 2 aromatic carbocycles. The molecule has 0 saturated heterocycles. The first kappa shape index (κ1) is 18.8.